The van der Waals surface area contributed by atoms with Gasteiger partial charge in [-0.05, 0) is 37.7 Å². The van der Waals surface area contributed by atoms with Crippen LogP contribution < -0.4 is 4.90 Å². The molecular formula is C18H24N4O2S2. The van der Waals surface area contributed by atoms with Gasteiger partial charge in [-0.25, -0.2) is 18.4 Å². The lowest BCUT2D eigenvalue weighted by Crippen LogP contribution is -2.51. The molecule has 0 N–H and O–H groups in total. The highest BCUT2D eigenvalue weighted by atomic mass is 32.2. The van der Waals surface area contributed by atoms with E-state index < -0.39 is 9.84 Å². The molecule has 26 heavy (non-hydrogen) atoms. The van der Waals surface area contributed by atoms with Crippen molar-refractivity contribution in [3.05, 3.63) is 16.8 Å². The van der Waals surface area contributed by atoms with Gasteiger partial charge < -0.3 is 4.90 Å². The lowest BCUT2D eigenvalue weighted by molar-refractivity contribution is 0.200. The predicted octanol–water partition coefficient (Wildman–Crippen LogP) is 1.88. The second kappa shape index (κ2) is 6.42. The number of nitrogens with zero attached hydrogens (tertiary/aromatic N) is 4. The van der Waals surface area contributed by atoms with Crippen LogP contribution in [-0.2, 0) is 22.7 Å². The van der Waals surface area contributed by atoms with Gasteiger partial charge in [0.05, 0.1) is 16.9 Å². The maximum Gasteiger partial charge on any atom is 0.151 e. The van der Waals surface area contributed by atoms with Crippen molar-refractivity contribution >= 4 is 37.2 Å². The Bertz CT molecular complexity index is 932. The van der Waals surface area contributed by atoms with Gasteiger partial charge in [-0.3, -0.25) is 4.90 Å². The Morgan fingerprint density at radius 3 is 2.65 bits per heavy atom. The molecule has 2 fully saturated rings. The molecule has 2 aromatic rings. The Balaban J connectivity index is 1.38. The topological polar surface area (TPSA) is 66.4 Å². The molecule has 1 aliphatic carbocycles. The zero-order valence-electron chi connectivity index (χ0n) is 14.9. The molecule has 0 saturated carbocycles. The molecule has 1 unspecified atom stereocenters. The van der Waals surface area contributed by atoms with Gasteiger partial charge in [-0.2, -0.15) is 0 Å². The van der Waals surface area contributed by atoms with Crippen molar-refractivity contribution in [3.63, 3.8) is 0 Å². The average molecular weight is 393 g/mol. The molecule has 4 heterocycles. The van der Waals surface area contributed by atoms with Crippen LogP contribution in [0.2, 0.25) is 0 Å². The molecule has 2 aliphatic heterocycles. The molecule has 2 aromatic heterocycles. The monoisotopic (exact) mass is 392 g/mol. The van der Waals surface area contributed by atoms with Crippen LogP contribution in [0.4, 0.5) is 5.82 Å². The number of fused-ring (bicyclic) bond motifs is 3. The van der Waals surface area contributed by atoms with Crippen LogP contribution in [0.25, 0.3) is 10.2 Å². The predicted molar refractivity (Wildman–Crippen MR) is 105 cm³/mol. The molecule has 0 aromatic carbocycles. The van der Waals surface area contributed by atoms with Crippen molar-refractivity contribution in [2.45, 2.75) is 38.1 Å². The van der Waals surface area contributed by atoms with E-state index in [9.17, 15) is 8.42 Å². The Labute approximate surface area is 158 Å². The van der Waals surface area contributed by atoms with Crippen LogP contribution in [0.1, 0.15) is 29.7 Å². The van der Waals surface area contributed by atoms with Gasteiger partial charge in [0.1, 0.15) is 17.0 Å². The summed E-state index contributed by atoms with van der Waals surface area (Å²) >= 11 is 1.84. The van der Waals surface area contributed by atoms with Gasteiger partial charge in [0, 0.05) is 37.1 Å². The fraction of sp³-hybridized carbons (Fsp3) is 0.667. The van der Waals surface area contributed by atoms with E-state index in [-0.39, 0.29) is 6.04 Å². The number of hydrogen-bond acceptors (Lipinski definition) is 7. The van der Waals surface area contributed by atoms with Crippen LogP contribution in [0, 0.1) is 0 Å². The van der Waals surface area contributed by atoms with Crippen LogP contribution in [0.15, 0.2) is 6.33 Å². The van der Waals surface area contributed by atoms with E-state index in [1.54, 1.807) is 6.33 Å². The Kier molecular flexibility index (Phi) is 4.17. The maximum atomic E-state index is 11.8. The van der Waals surface area contributed by atoms with Gasteiger partial charge >= 0.3 is 0 Å². The number of sulfone groups is 1. The summed E-state index contributed by atoms with van der Waals surface area (Å²) in [5.74, 6) is 1.78. The van der Waals surface area contributed by atoms with Crippen molar-refractivity contribution in [2.24, 2.45) is 0 Å². The van der Waals surface area contributed by atoms with Crippen molar-refractivity contribution in [2.75, 3.05) is 42.6 Å². The van der Waals surface area contributed by atoms with Crippen LogP contribution >= 0.6 is 11.3 Å². The minimum absolute atomic E-state index is 0.210. The van der Waals surface area contributed by atoms with E-state index in [1.165, 1.54) is 35.1 Å². The number of rotatable bonds is 2. The second-order valence-electron chi connectivity index (χ2n) is 7.67. The molecule has 3 aliphatic rings. The zero-order valence-corrected chi connectivity index (χ0v) is 16.5. The molecule has 0 radical (unpaired) electrons. The molecule has 0 bridgehead atoms. The van der Waals surface area contributed by atoms with Crippen LogP contribution in [-0.4, -0.2) is 67.0 Å². The van der Waals surface area contributed by atoms with E-state index >= 15 is 0 Å². The minimum Gasteiger partial charge on any atom is -0.353 e. The third-order valence-electron chi connectivity index (χ3n) is 6.07. The fourth-order valence-corrected chi connectivity index (χ4v) is 7.66. The highest BCUT2D eigenvalue weighted by molar-refractivity contribution is 7.91. The summed E-state index contributed by atoms with van der Waals surface area (Å²) < 4.78 is 23.5. The lowest BCUT2D eigenvalue weighted by atomic mass is 9.97. The molecule has 1 atom stereocenters. The number of thiophene rings is 1. The van der Waals surface area contributed by atoms with Crippen molar-refractivity contribution in [3.8, 4) is 0 Å². The Hall–Kier alpha value is -1.25. The molecule has 5 rings (SSSR count). The molecule has 8 heteroatoms. The molecule has 2 saturated heterocycles. The van der Waals surface area contributed by atoms with Gasteiger partial charge in [0.15, 0.2) is 9.84 Å². The van der Waals surface area contributed by atoms with Gasteiger partial charge in [0.2, 0.25) is 0 Å². The Morgan fingerprint density at radius 1 is 1.08 bits per heavy atom. The van der Waals surface area contributed by atoms with Crippen LogP contribution in [0.5, 0.6) is 0 Å². The molecule has 0 spiro atoms. The van der Waals surface area contributed by atoms with E-state index in [2.05, 4.69) is 19.8 Å². The summed E-state index contributed by atoms with van der Waals surface area (Å²) in [6.45, 7) is 3.65. The third kappa shape index (κ3) is 2.92. The zero-order chi connectivity index (χ0) is 17.7. The number of piperazine rings is 1. The minimum atomic E-state index is -2.82. The summed E-state index contributed by atoms with van der Waals surface area (Å²) in [6.07, 6.45) is 7.37. The van der Waals surface area contributed by atoms with Gasteiger partial charge in [-0.1, -0.05) is 0 Å². The van der Waals surface area contributed by atoms with Gasteiger partial charge in [0.25, 0.3) is 0 Å². The SMILES string of the molecule is O=S1(=O)CCC(N2CCN(c3ncnc4sc5c(c34)CCCC5)CC2)C1. The lowest BCUT2D eigenvalue weighted by Gasteiger charge is -2.38. The first-order chi connectivity index (χ1) is 12.6. The summed E-state index contributed by atoms with van der Waals surface area (Å²) in [5.41, 5.74) is 1.48. The largest absolute Gasteiger partial charge is 0.353 e. The average Bonchev–Trinajstić information content (AvgIpc) is 3.21. The first-order valence-electron chi connectivity index (χ1n) is 9.55. The van der Waals surface area contributed by atoms with Crippen molar-refractivity contribution in [1.82, 2.24) is 14.9 Å². The normalized spacial score (nSPS) is 26.3. The fourth-order valence-electron chi connectivity index (χ4n) is 4.68. The summed E-state index contributed by atoms with van der Waals surface area (Å²) in [5, 5.41) is 1.28. The first-order valence-corrected chi connectivity index (χ1v) is 12.2. The quantitative estimate of drug-likeness (QED) is 0.777. The second-order valence-corrected chi connectivity index (χ2v) is 11.0. The summed E-state index contributed by atoms with van der Waals surface area (Å²) in [7, 11) is -2.82. The summed E-state index contributed by atoms with van der Waals surface area (Å²) in [4.78, 5) is 16.6. The highest BCUT2D eigenvalue weighted by Crippen LogP contribution is 2.39. The molecule has 140 valence electrons. The number of aromatic nitrogens is 2. The molecule has 0 amide bonds. The number of aryl methyl sites for hydroxylation is 2. The maximum absolute atomic E-state index is 11.8. The van der Waals surface area contributed by atoms with Crippen LogP contribution in [0.3, 0.4) is 0 Å². The Morgan fingerprint density at radius 2 is 1.88 bits per heavy atom. The van der Waals surface area contributed by atoms with E-state index in [4.69, 9.17) is 0 Å². The molecular weight excluding hydrogens is 368 g/mol. The van der Waals surface area contributed by atoms with Crippen molar-refractivity contribution in [1.29, 1.82) is 0 Å². The van der Waals surface area contributed by atoms with Gasteiger partial charge in [-0.15, -0.1) is 11.3 Å². The smallest absolute Gasteiger partial charge is 0.151 e. The number of anilines is 1. The van der Waals surface area contributed by atoms with Crippen molar-refractivity contribution < 1.29 is 8.42 Å². The number of hydrogen-bond donors (Lipinski definition) is 0. The van der Waals surface area contributed by atoms with E-state index in [1.807, 2.05) is 11.3 Å². The van der Waals surface area contributed by atoms with E-state index in [0.29, 0.717) is 11.5 Å². The first kappa shape index (κ1) is 16.9. The molecule has 6 nitrogen and oxygen atoms in total. The highest BCUT2D eigenvalue weighted by Gasteiger charge is 2.34. The standard InChI is InChI=1S/C18H24N4O2S2/c23-26(24)10-5-13(11-26)21-6-8-22(9-7-21)17-16-14-3-1-2-4-15(14)25-18(16)20-12-19-17/h12-13H,1-11H2. The third-order valence-corrected chi connectivity index (χ3v) is 9.02. The van der Waals surface area contributed by atoms with E-state index in [0.717, 1.165) is 49.7 Å². The summed E-state index contributed by atoms with van der Waals surface area (Å²) in [6, 6.07) is 0.210.